The second kappa shape index (κ2) is 6.08. The molecule has 1 aliphatic rings. The molecule has 1 unspecified atom stereocenters. The SMILES string of the molecule is Cc1ccc(C(N)=S)cc1OCC1CSc2ccccc21. The third-order valence-electron chi connectivity index (χ3n) is 3.71. The Bertz CT molecular complexity index is 684. The van der Waals surface area contributed by atoms with E-state index in [-0.39, 0.29) is 0 Å². The third-order valence-corrected chi connectivity index (χ3v) is 5.20. The van der Waals surface area contributed by atoms with Crippen molar-refractivity contribution in [2.24, 2.45) is 5.73 Å². The number of thioether (sulfide) groups is 1. The Hall–Kier alpha value is -1.52. The zero-order chi connectivity index (χ0) is 14.8. The van der Waals surface area contributed by atoms with Crippen LogP contribution in [0.2, 0.25) is 0 Å². The molecule has 0 aromatic heterocycles. The minimum absolute atomic E-state index is 0.404. The van der Waals surface area contributed by atoms with Crippen LogP contribution < -0.4 is 10.5 Å². The van der Waals surface area contributed by atoms with Gasteiger partial charge in [0.05, 0.1) is 6.61 Å². The molecule has 0 saturated carbocycles. The molecule has 3 rings (SSSR count). The van der Waals surface area contributed by atoms with E-state index in [4.69, 9.17) is 22.7 Å². The van der Waals surface area contributed by atoms with Crippen LogP contribution in [-0.2, 0) is 0 Å². The van der Waals surface area contributed by atoms with Crippen LogP contribution >= 0.6 is 24.0 Å². The summed E-state index contributed by atoms with van der Waals surface area (Å²) in [5.41, 5.74) is 9.04. The van der Waals surface area contributed by atoms with Gasteiger partial charge in [-0.2, -0.15) is 0 Å². The highest BCUT2D eigenvalue weighted by atomic mass is 32.2. The molecule has 0 aliphatic carbocycles. The Morgan fingerprint density at radius 2 is 2.14 bits per heavy atom. The topological polar surface area (TPSA) is 35.2 Å². The molecule has 21 heavy (non-hydrogen) atoms. The summed E-state index contributed by atoms with van der Waals surface area (Å²) < 4.78 is 6.04. The highest BCUT2D eigenvalue weighted by Gasteiger charge is 2.23. The number of aryl methyl sites for hydroxylation is 1. The average molecular weight is 315 g/mol. The molecule has 1 aliphatic heterocycles. The zero-order valence-electron chi connectivity index (χ0n) is 11.8. The molecule has 0 fully saturated rings. The lowest BCUT2D eigenvalue weighted by atomic mass is 10.0. The molecule has 2 aromatic rings. The predicted molar refractivity (Wildman–Crippen MR) is 92.5 cm³/mol. The van der Waals surface area contributed by atoms with Crippen molar-refractivity contribution in [3.05, 3.63) is 59.2 Å². The quantitative estimate of drug-likeness (QED) is 0.868. The minimum Gasteiger partial charge on any atom is -0.493 e. The van der Waals surface area contributed by atoms with E-state index >= 15 is 0 Å². The van der Waals surface area contributed by atoms with E-state index in [9.17, 15) is 0 Å². The molecule has 108 valence electrons. The zero-order valence-corrected chi connectivity index (χ0v) is 13.5. The van der Waals surface area contributed by atoms with Gasteiger partial charge in [0.25, 0.3) is 0 Å². The summed E-state index contributed by atoms with van der Waals surface area (Å²) in [7, 11) is 0. The fraction of sp³-hybridized carbons (Fsp3) is 0.235. The summed E-state index contributed by atoms with van der Waals surface area (Å²) in [5.74, 6) is 2.39. The lowest BCUT2D eigenvalue weighted by Gasteiger charge is -2.15. The second-order valence-electron chi connectivity index (χ2n) is 5.20. The molecule has 0 amide bonds. The number of ether oxygens (including phenoxy) is 1. The van der Waals surface area contributed by atoms with Crippen LogP contribution in [0.3, 0.4) is 0 Å². The van der Waals surface area contributed by atoms with E-state index in [2.05, 4.69) is 24.3 Å². The minimum atomic E-state index is 0.404. The monoisotopic (exact) mass is 315 g/mol. The summed E-state index contributed by atoms with van der Waals surface area (Å²) in [6.45, 7) is 2.72. The largest absolute Gasteiger partial charge is 0.493 e. The standard InChI is InChI=1S/C17H17NOS2/c1-11-6-7-12(17(18)20)8-15(11)19-9-13-10-21-16-5-3-2-4-14(13)16/h2-8,13H,9-10H2,1H3,(H2,18,20). The smallest absolute Gasteiger partial charge is 0.122 e. The number of hydrogen-bond acceptors (Lipinski definition) is 3. The fourth-order valence-corrected chi connectivity index (χ4v) is 3.83. The van der Waals surface area contributed by atoms with E-state index in [0.717, 1.165) is 22.6 Å². The van der Waals surface area contributed by atoms with Gasteiger partial charge in [-0.25, -0.2) is 0 Å². The summed E-state index contributed by atoms with van der Waals surface area (Å²) in [5, 5.41) is 0. The van der Waals surface area contributed by atoms with Crippen LogP contribution in [0, 0.1) is 6.92 Å². The van der Waals surface area contributed by atoms with E-state index in [0.29, 0.717) is 17.5 Å². The first-order valence-corrected chi connectivity index (χ1v) is 8.29. The van der Waals surface area contributed by atoms with Crippen molar-refractivity contribution in [3.8, 4) is 5.75 Å². The number of hydrogen-bond donors (Lipinski definition) is 1. The molecule has 0 radical (unpaired) electrons. The molecule has 0 saturated heterocycles. The van der Waals surface area contributed by atoms with Crippen molar-refractivity contribution in [1.82, 2.24) is 0 Å². The molecule has 2 aromatic carbocycles. The van der Waals surface area contributed by atoms with Gasteiger partial charge in [0.2, 0.25) is 0 Å². The van der Waals surface area contributed by atoms with Crippen molar-refractivity contribution in [2.75, 3.05) is 12.4 Å². The number of rotatable bonds is 4. The summed E-state index contributed by atoms with van der Waals surface area (Å²) in [6, 6.07) is 14.4. The first-order chi connectivity index (χ1) is 10.1. The van der Waals surface area contributed by atoms with Gasteiger partial charge in [-0.1, -0.05) is 42.5 Å². The van der Waals surface area contributed by atoms with Gasteiger partial charge in [-0.15, -0.1) is 11.8 Å². The Morgan fingerprint density at radius 1 is 1.33 bits per heavy atom. The van der Waals surface area contributed by atoms with Gasteiger partial charge in [0.1, 0.15) is 10.7 Å². The lowest BCUT2D eigenvalue weighted by Crippen LogP contribution is -2.12. The molecule has 1 atom stereocenters. The van der Waals surface area contributed by atoms with Crippen LogP contribution in [0.15, 0.2) is 47.4 Å². The molecule has 0 bridgehead atoms. The lowest BCUT2D eigenvalue weighted by molar-refractivity contribution is 0.296. The van der Waals surface area contributed by atoms with Gasteiger partial charge in [0.15, 0.2) is 0 Å². The predicted octanol–water partition coefficient (Wildman–Crippen LogP) is 3.90. The maximum absolute atomic E-state index is 6.04. The van der Waals surface area contributed by atoms with Gasteiger partial charge in [-0.3, -0.25) is 0 Å². The first-order valence-electron chi connectivity index (χ1n) is 6.90. The van der Waals surface area contributed by atoms with Crippen molar-refractivity contribution in [1.29, 1.82) is 0 Å². The molecule has 0 spiro atoms. The van der Waals surface area contributed by atoms with Gasteiger partial charge in [-0.05, 0) is 30.2 Å². The van der Waals surface area contributed by atoms with Gasteiger partial charge >= 0.3 is 0 Å². The molecule has 1 heterocycles. The fourth-order valence-electron chi connectivity index (χ4n) is 2.47. The maximum Gasteiger partial charge on any atom is 0.122 e. The summed E-state index contributed by atoms with van der Waals surface area (Å²) in [4.78, 5) is 1.78. The Balaban J connectivity index is 1.74. The van der Waals surface area contributed by atoms with Crippen molar-refractivity contribution in [3.63, 3.8) is 0 Å². The van der Waals surface area contributed by atoms with Crippen LogP contribution in [-0.4, -0.2) is 17.3 Å². The molecule has 2 N–H and O–H groups in total. The third kappa shape index (κ3) is 3.06. The van der Waals surface area contributed by atoms with Gasteiger partial charge < -0.3 is 10.5 Å². The Labute approximate surface area is 134 Å². The molecular weight excluding hydrogens is 298 g/mol. The van der Waals surface area contributed by atoms with E-state index in [1.165, 1.54) is 10.5 Å². The highest BCUT2D eigenvalue weighted by Crippen LogP contribution is 2.39. The Morgan fingerprint density at radius 3 is 2.95 bits per heavy atom. The van der Waals surface area contributed by atoms with Gasteiger partial charge in [0, 0.05) is 22.1 Å². The Kier molecular flexibility index (Phi) is 4.17. The van der Waals surface area contributed by atoms with Crippen LogP contribution in [0.25, 0.3) is 0 Å². The van der Waals surface area contributed by atoms with Crippen molar-refractivity contribution < 1.29 is 4.74 Å². The number of nitrogens with two attached hydrogens (primary N) is 1. The van der Waals surface area contributed by atoms with E-state index < -0.39 is 0 Å². The molecular formula is C17H17NOS2. The highest BCUT2D eigenvalue weighted by molar-refractivity contribution is 7.99. The number of fused-ring (bicyclic) bond motifs is 1. The van der Waals surface area contributed by atoms with E-state index in [1.54, 1.807) is 0 Å². The molecule has 4 heteroatoms. The molecule has 2 nitrogen and oxygen atoms in total. The number of benzene rings is 2. The van der Waals surface area contributed by atoms with Crippen molar-refractivity contribution in [2.45, 2.75) is 17.7 Å². The van der Waals surface area contributed by atoms with Crippen LogP contribution in [0.4, 0.5) is 0 Å². The normalized spacial score (nSPS) is 16.5. The summed E-state index contributed by atoms with van der Waals surface area (Å²) >= 11 is 6.93. The van der Waals surface area contributed by atoms with E-state index in [1.807, 2.05) is 36.9 Å². The van der Waals surface area contributed by atoms with Crippen LogP contribution in [0.5, 0.6) is 5.75 Å². The summed E-state index contributed by atoms with van der Waals surface area (Å²) in [6.07, 6.45) is 0. The van der Waals surface area contributed by atoms with Crippen molar-refractivity contribution >= 4 is 29.0 Å². The average Bonchev–Trinajstić information content (AvgIpc) is 2.89. The maximum atomic E-state index is 6.04. The number of thiocarbonyl (C=S) groups is 1. The second-order valence-corrected chi connectivity index (χ2v) is 6.70. The first kappa shape index (κ1) is 14.4. The van der Waals surface area contributed by atoms with Crippen LogP contribution in [0.1, 0.15) is 22.6 Å².